The second-order valence-corrected chi connectivity index (χ2v) is 5.03. The lowest BCUT2D eigenvalue weighted by Gasteiger charge is -2.14. The van der Waals surface area contributed by atoms with E-state index in [1.807, 2.05) is 0 Å². The number of hydrogen-bond donors (Lipinski definition) is 0. The highest BCUT2D eigenvalue weighted by molar-refractivity contribution is 7.94. The Hall–Kier alpha value is -2.08. The average Bonchev–Trinajstić information content (AvgIpc) is 2.39. The summed E-state index contributed by atoms with van der Waals surface area (Å²) < 4.78 is 32.5. The van der Waals surface area contributed by atoms with E-state index in [-0.39, 0.29) is 10.7 Å². The molecule has 0 radical (unpaired) electrons. The maximum absolute atomic E-state index is 12.0. The number of nitrogens with zero attached hydrogens (tertiary/aromatic N) is 2. The van der Waals surface area contributed by atoms with Gasteiger partial charge in [-0.1, -0.05) is 24.4 Å². The van der Waals surface area contributed by atoms with Gasteiger partial charge in [-0.2, -0.15) is 0 Å². The Morgan fingerprint density at radius 2 is 1.83 bits per heavy atom. The van der Waals surface area contributed by atoms with Crippen LogP contribution in [-0.4, -0.2) is 20.5 Å². The topological polar surface area (TPSA) is 70.4 Å². The smallest absolute Gasteiger partial charge is 0.202 e. The number of ether oxygens (including phenoxy) is 1. The maximum Gasteiger partial charge on any atom is 0.202 e. The normalized spacial score (nSPS) is 10.9. The van der Waals surface area contributed by atoms with Crippen LogP contribution in [-0.2, 0) is 10.0 Å². The number of benzene rings is 1. The van der Waals surface area contributed by atoms with Gasteiger partial charge in [0.1, 0.15) is 5.75 Å². The minimum atomic E-state index is -3.73. The molecule has 0 atom stereocenters. The van der Waals surface area contributed by atoms with Gasteiger partial charge in [0.25, 0.3) is 0 Å². The summed E-state index contributed by atoms with van der Waals surface area (Å²) in [6, 6.07) is 10.9. The molecule has 2 rings (SSSR count). The predicted molar refractivity (Wildman–Crippen MR) is 67.4 cm³/mol. The van der Waals surface area contributed by atoms with E-state index in [9.17, 15) is 8.42 Å². The van der Waals surface area contributed by atoms with Crippen LogP contribution in [0.5, 0.6) is 5.75 Å². The van der Waals surface area contributed by atoms with Gasteiger partial charge >= 0.3 is 0 Å². The molecule has 1 aromatic heterocycles. The quantitative estimate of drug-likeness (QED) is 0.849. The van der Waals surface area contributed by atoms with E-state index in [1.54, 1.807) is 24.3 Å². The van der Waals surface area contributed by atoms with Crippen molar-refractivity contribution in [2.45, 2.75) is 4.90 Å². The third-order valence-electron chi connectivity index (χ3n) is 2.22. The van der Waals surface area contributed by atoms with Gasteiger partial charge in [-0.25, -0.2) is 8.42 Å². The Labute approximate surface area is 105 Å². The molecule has 94 valence electrons. The summed E-state index contributed by atoms with van der Waals surface area (Å²) in [7, 11) is -2.22. The lowest BCUT2D eigenvalue weighted by molar-refractivity contribution is 0.414. The second-order valence-electron chi connectivity index (χ2n) is 3.43. The highest BCUT2D eigenvalue weighted by Gasteiger charge is 2.09. The van der Waals surface area contributed by atoms with Crippen LogP contribution in [0.15, 0.2) is 53.6 Å². The summed E-state index contributed by atoms with van der Waals surface area (Å²) in [5.41, 5.74) is 0. The van der Waals surface area contributed by atoms with Crippen LogP contribution in [0, 0.1) is 0 Å². The minimum Gasteiger partial charge on any atom is -0.497 e. The predicted octanol–water partition coefficient (Wildman–Crippen LogP) is 2.48. The molecule has 0 spiro atoms. The van der Waals surface area contributed by atoms with Crippen molar-refractivity contribution in [2.75, 3.05) is 7.11 Å². The first-order valence-corrected chi connectivity index (χ1v) is 6.59. The number of aromatic nitrogens is 1. The average molecular weight is 263 g/mol. The van der Waals surface area contributed by atoms with Crippen molar-refractivity contribution in [3.63, 3.8) is 0 Å². The van der Waals surface area contributed by atoms with Gasteiger partial charge < -0.3 is 14.4 Å². The van der Waals surface area contributed by atoms with Crippen molar-refractivity contribution in [3.05, 3.63) is 53.4 Å². The third-order valence-corrected chi connectivity index (χ3v) is 3.52. The van der Waals surface area contributed by atoms with Crippen molar-refractivity contribution in [2.24, 2.45) is 0 Å². The van der Waals surface area contributed by atoms with Gasteiger partial charge in [0.2, 0.25) is 10.0 Å². The van der Waals surface area contributed by atoms with E-state index >= 15 is 0 Å². The molecule has 0 amide bonds. The number of sulfonamides is 1. The lowest BCUT2D eigenvalue weighted by atomic mass is 10.3. The molecular formula is C12H11N2O3S-. The Morgan fingerprint density at radius 1 is 1.11 bits per heavy atom. The van der Waals surface area contributed by atoms with E-state index in [2.05, 4.69) is 9.71 Å². The zero-order chi connectivity index (χ0) is 13.0. The molecule has 0 saturated carbocycles. The standard InChI is InChI=1S/C12H11N2O3S/c1-17-10-5-7-11(8-6-10)18(15,16)14-12-4-2-3-9-13-12/h2-9H,1H3/q-1. The molecule has 0 unspecified atom stereocenters. The summed E-state index contributed by atoms with van der Waals surface area (Å²) in [6.07, 6.45) is 1.49. The zero-order valence-corrected chi connectivity index (χ0v) is 10.5. The fourth-order valence-electron chi connectivity index (χ4n) is 1.33. The maximum atomic E-state index is 12.0. The van der Waals surface area contributed by atoms with Gasteiger partial charge in [0.15, 0.2) is 0 Å². The first-order valence-electron chi connectivity index (χ1n) is 5.15. The van der Waals surface area contributed by atoms with E-state index in [0.29, 0.717) is 5.75 Å². The van der Waals surface area contributed by atoms with Crippen LogP contribution in [0.3, 0.4) is 0 Å². The number of hydrogen-bond acceptors (Lipinski definition) is 4. The molecule has 6 heteroatoms. The van der Waals surface area contributed by atoms with Crippen LogP contribution in [0.4, 0.5) is 5.82 Å². The van der Waals surface area contributed by atoms with E-state index < -0.39 is 10.0 Å². The van der Waals surface area contributed by atoms with E-state index in [1.165, 1.54) is 31.5 Å². The van der Waals surface area contributed by atoms with Crippen LogP contribution in [0.2, 0.25) is 0 Å². The Balaban J connectivity index is 2.25. The Bertz CT molecular complexity index is 610. The summed E-state index contributed by atoms with van der Waals surface area (Å²) in [5, 5.41) is 0. The van der Waals surface area contributed by atoms with Gasteiger partial charge in [-0.15, -0.1) is 0 Å². The largest absolute Gasteiger partial charge is 0.497 e. The molecule has 0 saturated heterocycles. The van der Waals surface area contributed by atoms with Crippen molar-refractivity contribution in [1.82, 2.24) is 4.98 Å². The molecule has 0 aliphatic heterocycles. The second kappa shape index (κ2) is 5.05. The Morgan fingerprint density at radius 3 is 2.39 bits per heavy atom. The van der Waals surface area contributed by atoms with Crippen molar-refractivity contribution < 1.29 is 13.2 Å². The molecular weight excluding hydrogens is 252 g/mol. The molecule has 5 nitrogen and oxygen atoms in total. The molecule has 0 N–H and O–H groups in total. The molecule has 0 bridgehead atoms. The first kappa shape index (κ1) is 12.4. The van der Waals surface area contributed by atoms with Gasteiger partial charge in [0, 0.05) is 0 Å². The molecule has 2 aromatic rings. The first-order chi connectivity index (χ1) is 8.62. The highest BCUT2D eigenvalue weighted by atomic mass is 32.2. The third kappa shape index (κ3) is 2.78. The molecule has 1 aromatic carbocycles. The molecule has 0 fully saturated rings. The van der Waals surface area contributed by atoms with Crippen LogP contribution >= 0.6 is 0 Å². The summed E-state index contributed by atoms with van der Waals surface area (Å²) in [6.45, 7) is 0. The summed E-state index contributed by atoms with van der Waals surface area (Å²) >= 11 is 0. The SMILES string of the molecule is COc1ccc(S(=O)(=O)[N-]c2ccccn2)cc1. The Kier molecular flexibility index (Phi) is 3.47. The summed E-state index contributed by atoms with van der Waals surface area (Å²) in [5.74, 6) is 0.750. The number of pyridine rings is 1. The van der Waals surface area contributed by atoms with Crippen molar-refractivity contribution >= 4 is 15.8 Å². The fourth-order valence-corrected chi connectivity index (χ4v) is 2.27. The minimum absolute atomic E-state index is 0.106. The number of methoxy groups -OCH3 is 1. The van der Waals surface area contributed by atoms with Crippen LogP contribution in [0.25, 0.3) is 4.72 Å². The van der Waals surface area contributed by atoms with Crippen molar-refractivity contribution in [3.8, 4) is 5.75 Å². The van der Waals surface area contributed by atoms with E-state index in [0.717, 1.165) is 0 Å². The lowest BCUT2D eigenvalue weighted by Crippen LogP contribution is -1.98. The highest BCUT2D eigenvalue weighted by Crippen LogP contribution is 2.26. The monoisotopic (exact) mass is 263 g/mol. The molecule has 18 heavy (non-hydrogen) atoms. The molecule has 0 aliphatic rings. The van der Waals surface area contributed by atoms with Crippen LogP contribution in [0.1, 0.15) is 0 Å². The zero-order valence-electron chi connectivity index (χ0n) is 9.65. The van der Waals surface area contributed by atoms with Gasteiger partial charge in [-0.05, 0) is 30.1 Å². The fraction of sp³-hybridized carbons (Fsp3) is 0.0833. The van der Waals surface area contributed by atoms with Gasteiger partial charge in [-0.3, -0.25) is 0 Å². The van der Waals surface area contributed by atoms with Crippen LogP contribution < -0.4 is 4.74 Å². The summed E-state index contributed by atoms with van der Waals surface area (Å²) in [4.78, 5) is 3.96. The molecule has 0 aliphatic carbocycles. The number of rotatable bonds is 4. The van der Waals surface area contributed by atoms with Gasteiger partial charge in [0.05, 0.1) is 12.0 Å². The van der Waals surface area contributed by atoms with E-state index in [4.69, 9.17) is 4.74 Å². The molecule has 1 heterocycles. The van der Waals surface area contributed by atoms with Crippen molar-refractivity contribution in [1.29, 1.82) is 0 Å².